The Morgan fingerprint density at radius 3 is 2.53 bits per heavy atom. The highest BCUT2D eigenvalue weighted by atomic mass is 16.7. The molecule has 206 valence electrons. The molecule has 3 N–H and O–H groups in total. The fraction of sp³-hybridized carbons (Fsp3) is 0.806. The SMILES string of the molecule is COCOCCC=C1[C@H](O)CC(=C/C=C2\CCC[C@]3(C)C([C@H](C)CCCC(C)(C)O)CC[C@@H]23)C[C@H]1O. The highest BCUT2D eigenvalue weighted by Crippen LogP contribution is 2.60. The lowest BCUT2D eigenvalue weighted by Gasteiger charge is -2.44. The lowest BCUT2D eigenvalue weighted by atomic mass is 9.60. The van der Waals surface area contributed by atoms with E-state index in [0.29, 0.717) is 43.1 Å². The van der Waals surface area contributed by atoms with Crippen molar-refractivity contribution in [1.82, 2.24) is 0 Å². The summed E-state index contributed by atoms with van der Waals surface area (Å²) < 4.78 is 10.2. The minimum Gasteiger partial charge on any atom is -0.390 e. The van der Waals surface area contributed by atoms with Gasteiger partial charge >= 0.3 is 0 Å². The minimum absolute atomic E-state index is 0.261. The Bertz CT molecular complexity index is 775. The van der Waals surface area contributed by atoms with Crippen LogP contribution in [0.1, 0.15) is 98.3 Å². The quantitative estimate of drug-likeness (QED) is 0.180. The molecule has 3 saturated carbocycles. The number of aliphatic hydroxyl groups excluding tert-OH is 2. The minimum atomic E-state index is -0.627. The molecule has 0 spiro atoms. The molecule has 3 rings (SSSR count). The summed E-state index contributed by atoms with van der Waals surface area (Å²) in [5.74, 6) is 2.08. The van der Waals surface area contributed by atoms with Gasteiger partial charge in [-0.15, -0.1) is 0 Å². The van der Waals surface area contributed by atoms with Crippen molar-refractivity contribution in [3.8, 4) is 0 Å². The first-order chi connectivity index (χ1) is 17.0. The van der Waals surface area contributed by atoms with Crippen molar-refractivity contribution in [2.45, 2.75) is 116 Å². The first-order valence-corrected chi connectivity index (χ1v) is 14.3. The maximum absolute atomic E-state index is 10.7. The van der Waals surface area contributed by atoms with E-state index in [-0.39, 0.29) is 6.79 Å². The van der Waals surface area contributed by atoms with Gasteiger partial charge < -0.3 is 24.8 Å². The first-order valence-electron chi connectivity index (χ1n) is 14.3. The topological polar surface area (TPSA) is 79.2 Å². The highest BCUT2D eigenvalue weighted by Gasteiger charge is 2.50. The monoisotopic (exact) mass is 504 g/mol. The summed E-state index contributed by atoms with van der Waals surface area (Å²) in [7, 11) is 1.59. The van der Waals surface area contributed by atoms with Crippen LogP contribution in [-0.4, -0.2) is 53.6 Å². The number of rotatable bonds is 11. The van der Waals surface area contributed by atoms with Gasteiger partial charge in [0.25, 0.3) is 0 Å². The standard InChI is InChI=1S/C31H52O5/c1-22(9-6-16-30(2,3)34)26-14-15-27-24(10-7-17-31(26,27)4)13-12-23-19-28(32)25(29(33)20-23)11-8-18-36-21-35-5/h11-13,22,26-29,32-34H,6-10,14-21H2,1-5H3/b23-12?,24-13+,25-11?/t22-,26?,27+,28-,29-,31-/m1/s1. The van der Waals surface area contributed by atoms with Crippen molar-refractivity contribution >= 4 is 0 Å². The van der Waals surface area contributed by atoms with Gasteiger partial charge in [0.1, 0.15) is 6.79 Å². The van der Waals surface area contributed by atoms with Gasteiger partial charge in [0.05, 0.1) is 24.4 Å². The third-order valence-corrected chi connectivity index (χ3v) is 9.23. The average molecular weight is 505 g/mol. The van der Waals surface area contributed by atoms with Crippen molar-refractivity contribution in [1.29, 1.82) is 0 Å². The van der Waals surface area contributed by atoms with Crippen molar-refractivity contribution in [3.63, 3.8) is 0 Å². The molecular formula is C31H52O5. The van der Waals surface area contributed by atoms with Gasteiger partial charge in [-0.3, -0.25) is 0 Å². The van der Waals surface area contributed by atoms with Crippen LogP contribution in [0.2, 0.25) is 0 Å². The molecule has 0 radical (unpaired) electrons. The third kappa shape index (κ3) is 7.77. The van der Waals surface area contributed by atoms with Crippen molar-refractivity contribution < 1.29 is 24.8 Å². The third-order valence-electron chi connectivity index (χ3n) is 9.23. The number of ether oxygens (including phenoxy) is 2. The molecule has 0 saturated heterocycles. The van der Waals surface area contributed by atoms with Gasteiger partial charge in [0.2, 0.25) is 0 Å². The Labute approximate surface area is 219 Å². The van der Waals surface area contributed by atoms with Gasteiger partial charge in [-0.2, -0.15) is 0 Å². The van der Waals surface area contributed by atoms with Gasteiger partial charge in [-0.25, -0.2) is 0 Å². The fourth-order valence-corrected chi connectivity index (χ4v) is 7.39. The molecule has 0 amide bonds. The van der Waals surface area contributed by atoms with E-state index in [9.17, 15) is 15.3 Å². The molecule has 6 atom stereocenters. The molecule has 3 aliphatic carbocycles. The second-order valence-corrected chi connectivity index (χ2v) is 12.6. The second kappa shape index (κ2) is 13.2. The Balaban J connectivity index is 1.61. The van der Waals surface area contributed by atoms with Crippen LogP contribution in [0.15, 0.2) is 34.9 Å². The van der Waals surface area contributed by atoms with E-state index in [1.807, 2.05) is 19.9 Å². The van der Waals surface area contributed by atoms with Gasteiger partial charge in [-0.1, -0.05) is 56.1 Å². The number of methoxy groups -OCH3 is 1. The van der Waals surface area contributed by atoms with Gasteiger partial charge in [0, 0.05) is 7.11 Å². The Hall–Kier alpha value is -0.980. The summed E-state index contributed by atoms with van der Waals surface area (Å²) in [6, 6.07) is 0. The van der Waals surface area contributed by atoms with Crippen molar-refractivity contribution in [3.05, 3.63) is 34.9 Å². The van der Waals surface area contributed by atoms with Crippen LogP contribution in [0, 0.1) is 23.2 Å². The molecule has 0 aromatic carbocycles. The Morgan fingerprint density at radius 2 is 1.86 bits per heavy atom. The summed E-state index contributed by atoms with van der Waals surface area (Å²) in [6.07, 6.45) is 16.5. The maximum Gasteiger partial charge on any atom is 0.146 e. The van der Waals surface area contributed by atoms with E-state index >= 15 is 0 Å². The molecule has 0 heterocycles. The summed E-state index contributed by atoms with van der Waals surface area (Å²) in [4.78, 5) is 0. The van der Waals surface area contributed by atoms with E-state index in [2.05, 4.69) is 26.0 Å². The van der Waals surface area contributed by atoms with Crippen LogP contribution < -0.4 is 0 Å². The van der Waals surface area contributed by atoms with Crippen LogP contribution >= 0.6 is 0 Å². The molecule has 0 aromatic rings. The molecule has 1 unspecified atom stereocenters. The number of allylic oxidation sites excluding steroid dienone is 3. The van der Waals surface area contributed by atoms with E-state index in [1.165, 1.54) is 38.5 Å². The maximum atomic E-state index is 10.7. The number of hydrogen-bond donors (Lipinski definition) is 3. The smallest absolute Gasteiger partial charge is 0.146 e. The highest BCUT2D eigenvalue weighted by molar-refractivity contribution is 5.30. The van der Waals surface area contributed by atoms with Crippen LogP contribution in [-0.2, 0) is 9.47 Å². The molecule has 3 fully saturated rings. The van der Waals surface area contributed by atoms with Crippen LogP contribution in [0.25, 0.3) is 0 Å². The fourth-order valence-electron chi connectivity index (χ4n) is 7.39. The van der Waals surface area contributed by atoms with E-state index < -0.39 is 17.8 Å². The van der Waals surface area contributed by atoms with Crippen LogP contribution in [0.5, 0.6) is 0 Å². The van der Waals surface area contributed by atoms with E-state index in [1.54, 1.807) is 12.7 Å². The normalized spacial score (nSPS) is 33.1. The van der Waals surface area contributed by atoms with E-state index in [0.717, 1.165) is 29.9 Å². The molecule has 36 heavy (non-hydrogen) atoms. The zero-order valence-electron chi connectivity index (χ0n) is 23.5. The van der Waals surface area contributed by atoms with Crippen LogP contribution in [0.4, 0.5) is 0 Å². The number of hydrogen-bond acceptors (Lipinski definition) is 5. The van der Waals surface area contributed by atoms with Crippen molar-refractivity contribution in [2.24, 2.45) is 23.2 Å². The molecule has 3 aliphatic rings. The molecule has 0 aromatic heterocycles. The average Bonchev–Trinajstić information content (AvgIpc) is 3.15. The predicted molar refractivity (Wildman–Crippen MR) is 145 cm³/mol. The molecule has 0 bridgehead atoms. The zero-order chi connectivity index (χ0) is 26.3. The van der Waals surface area contributed by atoms with Crippen molar-refractivity contribution in [2.75, 3.05) is 20.5 Å². The predicted octanol–water partition coefficient (Wildman–Crippen LogP) is 6.09. The molecular weight excluding hydrogens is 452 g/mol. The largest absolute Gasteiger partial charge is 0.390 e. The molecule has 0 aliphatic heterocycles. The molecule has 5 nitrogen and oxygen atoms in total. The van der Waals surface area contributed by atoms with Gasteiger partial charge in [-0.05, 0) is 100 Å². The summed E-state index contributed by atoms with van der Waals surface area (Å²) in [5, 5.41) is 31.5. The lowest BCUT2D eigenvalue weighted by molar-refractivity contribution is -0.0287. The first kappa shape index (κ1) is 29.6. The van der Waals surface area contributed by atoms with Gasteiger partial charge in [0.15, 0.2) is 0 Å². The summed E-state index contributed by atoms with van der Waals surface area (Å²) in [5.41, 5.74) is 3.23. The van der Waals surface area contributed by atoms with E-state index in [4.69, 9.17) is 9.47 Å². The Morgan fingerprint density at radius 1 is 1.14 bits per heavy atom. The number of aliphatic hydroxyl groups is 3. The lowest BCUT2D eigenvalue weighted by Crippen LogP contribution is -2.36. The zero-order valence-corrected chi connectivity index (χ0v) is 23.5. The second-order valence-electron chi connectivity index (χ2n) is 12.6. The Kier molecular flexibility index (Phi) is 10.8. The summed E-state index contributed by atoms with van der Waals surface area (Å²) >= 11 is 0. The summed E-state index contributed by atoms with van der Waals surface area (Å²) in [6.45, 7) is 9.57. The molecule has 5 heteroatoms. The number of fused-ring (bicyclic) bond motifs is 1. The van der Waals surface area contributed by atoms with Crippen LogP contribution in [0.3, 0.4) is 0 Å².